The molecule has 1 amide bonds. The second-order valence-electron chi connectivity index (χ2n) is 7.69. The van der Waals surface area contributed by atoms with E-state index in [4.69, 9.17) is 16.3 Å². The Morgan fingerprint density at radius 1 is 1.19 bits per heavy atom. The summed E-state index contributed by atoms with van der Waals surface area (Å²) in [6.45, 7) is 6.14. The molecule has 1 N–H and O–H groups in total. The molecule has 1 aliphatic rings. The van der Waals surface area contributed by atoms with E-state index >= 15 is 0 Å². The van der Waals surface area contributed by atoms with Crippen molar-refractivity contribution in [1.29, 1.82) is 0 Å². The molecule has 1 unspecified atom stereocenters. The first-order valence-corrected chi connectivity index (χ1v) is 10.6. The van der Waals surface area contributed by atoms with Crippen LogP contribution in [0.5, 0.6) is 0 Å². The molecule has 1 heterocycles. The second kappa shape index (κ2) is 7.30. The van der Waals surface area contributed by atoms with Gasteiger partial charge in [0.25, 0.3) is 0 Å². The highest BCUT2D eigenvalue weighted by Crippen LogP contribution is 2.23. The normalized spacial score (nSPS) is 18.1. The first-order valence-electron chi connectivity index (χ1n) is 8.73. The Bertz CT molecular complexity index is 969. The number of hydrogen-bond acceptors (Lipinski definition) is 4. The van der Waals surface area contributed by atoms with Gasteiger partial charge in [-0.15, -0.1) is 0 Å². The van der Waals surface area contributed by atoms with Crippen molar-refractivity contribution in [3.8, 4) is 0 Å². The van der Waals surface area contributed by atoms with Gasteiger partial charge in [-0.2, -0.15) is 0 Å². The maximum Gasteiger partial charge on any atom is 0.410 e. The highest BCUT2D eigenvalue weighted by Gasteiger charge is 2.32. The number of nitrogens with one attached hydrogen (secondary N) is 1. The van der Waals surface area contributed by atoms with Gasteiger partial charge in [0, 0.05) is 24.2 Å². The highest BCUT2D eigenvalue weighted by atomic mass is 35.5. The SMILES string of the molecule is CC(C)(C)OC(=O)N1CCC(NS(=O)(=O)c2ccc3cc(Cl)ccc3c2)C1. The molecule has 2 aromatic carbocycles. The topological polar surface area (TPSA) is 75.7 Å². The maximum atomic E-state index is 12.7. The van der Waals surface area contributed by atoms with Gasteiger partial charge in [0.1, 0.15) is 5.60 Å². The number of rotatable bonds is 3. The van der Waals surface area contributed by atoms with Crippen molar-refractivity contribution in [3.63, 3.8) is 0 Å². The Balaban J connectivity index is 1.70. The fourth-order valence-electron chi connectivity index (χ4n) is 3.00. The molecule has 1 saturated heterocycles. The number of halogens is 1. The van der Waals surface area contributed by atoms with Crippen LogP contribution in [0.15, 0.2) is 41.3 Å². The van der Waals surface area contributed by atoms with Crippen LogP contribution in [0.4, 0.5) is 4.79 Å². The maximum absolute atomic E-state index is 12.7. The molecule has 0 aliphatic carbocycles. The number of sulfonamides is 1. The van der Waals surface area contributed by atoms with E-state index in [0.717, 1.165) is 10.8 Å². The largest absolute Gasteiger partial charge is 0.444 e. The first kappa shape index (κ1) is 19.9. The molecule has 0 radical (unpaired) electrons. The Morgan fingerprint density at radius 3 is 2.56 bits per heavy atom. The van der Waals surface area contributed by atoms with Gasteiger partial charge in [0.2, 0.25) is 10.0 Å². The zero-order chi connectivity index (χ0) is 19.8. The van der Waals surface area contributed by atoms with Crippen LogP contribution in [0.3, 0.4) is 0 Å². The molecule has 1 atom stereocenters. The standard InChI is InChI=1S/C19H23ClN2O4S/c1-19(2,3)26-18(23)22-9-8-16(12-22)21-27(24,25)17-7-5-13-10-15(20)6-4-14(13)11-17/h4-7,10-11,16,21H,8-9,12H2,1-3H3. The summed E-state index contributed by atoms with van der Waals surface area (Å²) >= 11 is 5.97. The van der Waals surface area contributed by atoms with E-state index in [9.17, 15) is 13.2 Å². The lowest BCUT2D eigenvalue weighted by atomic mass is 10.1. The van der Waals surface area contributed by atoms with Gasteiger partial charge in [0.15, 0.2) is 0 Å². The molecule has 6 nitrogen and oxygen atoms in total. The van der Waals surface area contributed by atoms with Crippen LogP contribution in [0.1, 0.15) is 27.2 Å². The monoisotopic (exact) mass is 410 g/mol. The Morgan fingerprint density at radius 2 is 1.85 bits per heavy atom. The van der Waals surface area contributed by atoms with Crippen LogP contribution in [-0.2, 0) is 14.8 Å². The predicted octanol–water partition coefficient (Wildman–Crippen LogP) is 3.78. The third-order valence-electron chi connectivity index (χ3n) is 4.25. The van der Waals surface area contributed by atoms with E-state index in [0.29, 0.717) is 18.0 Å². The summed E-state index contributed by atoms with van der Waals surface area (Å²) in [4.78, 5) is 13.8. The minimum absolute atomic E-state index is 0.188. The Kier molecular flexibility index (Phi) is 5.38. The Labute approximate surface area is 164 Å². The second-order valence-corrected chi connectivity index (χ2v) is 9.84. The van der Waals surface area contributed by atoms with E-state index in [-0.39, 0.29) is 17.5 Å². The van der Waals surface area contributed by atoms with Crippen molar-refractivity contribution in [2.45, 2.75) is 43.7 Å². The molecular weight excluding hydrogens is 388 g/mol. The lowest BCUT2D eigenvalue weighted by molar-refractivity contribution is 0.0292. The molecule has 3 rings (SSSR count). The fourth-order valence-corrected chi connectivity index (χ4v) is 4.48. The summed E-state index contributed by atoms with van der Waals surface area (Å²) in [7, 11) is -3.69. The molecular formula is C19H23ClN2O4S. The van der Waals surface area contributed by atoms with Crippen LogP contribution < -0.4 is 4.72 Å². The summed E-state index contributed by atoms with van der Waals surface area (Å²) in [6, 6.07) is 9.87. The van der Waals surface area contributed by atoms with Crippen molar-refractivity contribution in [2.24, 2.45) is 0 Å². The van der Waals surface area contributed by atoms with Crippen LogP contribution in [0, 0.1) is 0 Å². The third kappa shape index (κ3) is 4.91. The Hall–Kier alpha value is -1.83. The number of hydrogen-bond donors (Lipinski definition) is 1. The van der Waals surface area contributed by atoms with Crippen LogP contribution in [0.25, 0.3) is 10.8 Å². The lowest BCUT2D eigenvalue weighted by Gasteiger charge is -2.24. The molecule has 8 heteroatoms. The minimum Gasteiger partial charge on any atom is -0.444 e. The fraction of sp³-hybridized carbons (Fsp3) is 0.421. The van der Waals surface area contributed by atoms with Gasteiger partial charge >= 0.3 is 6.09 Å². The van der Waals surface area contributed by atoms with Crippen LogP contribution >= 0.6 is 11.6 Å². The average molecular weight is 411 g/mol. The first-order chi connectivity index (χ1) is 12.5. The molecule has 1 fully saturated rings. The van der Waals surface area contributed by atoms with E-state index in [1.165, 1.54) is 4.90 Å². The zero-order valence-electron chi connectivity index (χ0n) is 15.5. The molecule has 27 heavy (non-hydrogen) atoms. The highest BCUT2D eigenvalue weighted by molar-refractivity contribution is 7.89. The molecule has 1 aliphatic heterocycles. The molecule has 146 valence electrons. The van der Waals surface area contributed by atoms with Gasteiger partial charge in [-0.25, -0.2) is 17.9 Å². The van der Waals surface area contributed by atoms with Gasteiger partial charge < -0.3 is 9.64 Å². The molecule has 0 spiro atoms. The number of benzene rings is 2. The molecule has 0 saturated carbocycles. The van der Waals surface area contributed by atoms with Crippen LogP contribution in [-0.4, -0.2) is 44.1 Å². The smallest absolute Gasteiger partial charge is 0.410 e. The van der Waals surface area contributed by atoms with Gasteiger partial charge in [-0.05, 0) is 62.2 Å². The predicted molar refractivity (Wildman–Crippen MR) is 105 cm³/mol. The van der Waals surface area contributed by atoms with Crippen molar-refractivity contribution in [3.05, 3.63) is 41.4 Å². The van der Waals surface area contributed by atoms with Gasteiger partial charge in [-0.3, -0.25) is 0 Å². The third-order valence-corrected chi connectivity index (χ3v) is 6.00. The van der Waals surface area contributed by atoms with Crippen LogP contribution in [0.2, 0.25) is 5.02 Å². The van der Waals surface area contributed by atoms with Crippen molar-refractivity contribution in [2.75, 3.05) is 13.1 Å². The van der Waals surface area contributed by atoms with Gasteiger partial charge in [-0.1, -0.05) is 23.7 Å². The summed E-state index contributed by atoms with van der Waals surface area (Å²) in [5.74, 6) is 0. The summed E-state index contributed by atoms with van der Waals surface area (Å²) in [6.07, 6.45) is 0.119. The van der Waals surface area contributed by atoms with Crippen molar-refractivity contribution < 1.29 is 17.9 Å². The number of amides is 1. The number of ether oxygens (including phenoxy) is 1. The van der Waals surface area contributed by atoms with E-state index < -0.39 is 21.7 Å². The average Bonchev–Trinajstić information content (AvgIpc) is 3.00. The number of carbonyl (C=O) groups is 1. The van der Waals surface area contributed by atoms with Crippen molar-refractivity contribution >= 4 is 38.5 Å². The molecule has 0 bridgehead atoms. The molecule has 2 aromatic rings. The summed E-state index contributed by atoms with van der Waals surface area (Å²) in [5, 5.41) is 2.27. The number of nitrogens with zero attached hydrogens (tertiary/aromatic N) is 1. The van der Waals surface area contributed by atoms with Gasteiger partial charge in [0.05, 0.1) is 4.90 Å². The number of carbonyl (C=O) groups excluding carboxylic acids is 1. The van der Waals surface area contributed by atoms with E-state index in [1.54, 1.807) is 57.2 Å². The lowest BCUT2D eigenvalue weighted by Crippen LogP contribution is -2.40. The number of fused-ring (bicyclic) bond motifs is 1. The summed E-state index contributed by atoms with van der Waals surface area (Å²) in [5.41, 5.74) is -0.581. The minimum atomic E-state index is -3.69. The summed E-state index contributed by atoms with van der Waals surface area (Å²) < 4.78 is 33.5. The number of likely N-dealkylation sites (tertiary alicyclic amines) is 1. The van der Waals surface area contributed by atoms with Crippen molar-refractivity contribution in [1.82, 2.24) is 9.62 Å². The zero-order valence-corrected chi connectivity index (χ0v) is 17.1. The van der Waals surface area contributed by atoms with E-state index in [1.807, 2.05) is 0 Å². The molecule has 0 aromatic heterocycles. The quantitative estimate of drug-likeness (QED) is 0.835. The van der Waals surface area contributed by atoms with E-state index in [2.05, 4.69) is 4.72 Å².